The molecule has 1 fully saturated rings. The summed E-state index contributed by atoms with van der Waals surface area (Å²) >= 11 is 0. The minimum absolute atomic E-state index is 0.00610. The number of Topliss-reactive ketones (excluding diaryl/α,β-unsaturated/α-hetero) is 2. The molecule has 1 heterocycles. The summed E-state index contributed by atoms with van der Waals surface area (Å²) in [5.74, 6) is -7.65. The van der Waals surface area contributed by atoms with E-state index in [0.717, 1.165) is 25.7 Å². The lowest BCUT2D eigenvalue weighted by Crippen LogP contribution is -2.63. The number of anilines is 1. The number of aliphatic hydroxyl groups is 3. The largest absolute Gasteiger partial charge is 0.510 e. The number of rotatable bonds is 4. The SMILES string of the molecule is CN(C)c1cc(C(=O)N2CCCCCC2)c(O)c2c1C[C@H]1C[C@H]3[C@H](N(C)C)C(O)=C(C(N)=O)C(=O)[C@@]3(O)C(O)=C1C2=O. The average Bonchev–Trinajstić information content (AvgIpc) is 3.19. The highest BCUT2D eigenvalue weighted by Gasteiger charge is 2.63. The number of benzene rings is 1. The Labute approximate surface area is 243 Å². The molecule has 42 heavy (non-hydrogen) atoms. The number of phenolic OH excluding ortho intramolecular Hbond substituents is 1. The van der Waals surface area contributed by atoms with Crippen LogP contribution < -0.4 is 10.6 Å². The van der Waals surface area contributed by atoms with Gasteiger partial charge in [0.25, 0.3) is 11.8 Å². The number of nitrogens with zero attached hydrogens (tertiary/aromatic N) is 3. The van der Waals surface area contributed by atoms with Crippen molar-refractivity contribution in [1.82, 2.24) is 9.80 Å². The topological polar surface area (TPSA) is 185 Å². The molecule has 226 valence electrons. The van der Waals surface area contributed by atoms with Gasteiger partial charge < -0.3 is 36.0 Å². The minimum Gasteiger partial charge on any atom is -0.510 e. The highest BCUT2D eigenvalue weighted by molar-refractivity contribution is 6.25. The molecule has 4 aliphatic rings. The molecular weight excluding hydrogens is 544 g/mol. The van der Waals surface area contributed by atoms with Crippen LogP contribution in [-0.4, -0.2) is 107 Å². The molecule has 1 saturated heterocycles. The van der Waals surface area contributed by atoms with Crippen LogP contribution in [0.5, 0.6) is 5.75 Å². The number of likely N-dealkylation sites (N-methyl/N-ethyl adjacent to an activating group) is 1. The van der Waals surface area contributed by atoms with Crippen LogP contribution in [0, 0.1) is 11.8 Å². The third-order valence-electron chi connectivity index (χ3n) is 9.30. The van der Waals surface area contributed by atoms with Gasteiger partial charge >= 0.3 is 0 Å². The lowest BCUT2D eigenvalue weighted by Gasteiger charge is -2.50. The molecule has 0 spiro atoms. The predicted molar refractivity (Wildman–Crippen MR) is 152 cm³/mol. The van der Waals surface area contributed by atoms with E-state index in [2.05, 4.69) is 0 Å². The molecule has 0 bridgehead atoms. The summed E-state index contributed by atoms with van der Waals surface area (Å²) in [5.41, 5.74) is 2.39. The van der Waals surface area contributed by atoms with Gasteiger partial charge in [-0.1, -0.05) is 12.8 Å². The van der Waals surface area contributed by atoms with Gasteiger partial charge in [-0.3, -0.25) is 24.1 Å². The summed E-state index contributed by atoms with van der Waals surface area (Å²) in [7, 11) is 6.68. The van der Waals surface area contributed by atoms with Gasteiger partial charge in [-0.15, -0.1) is 0 Å². The van der Waals surface area contributed by atoms with Crippen molar-refractivity contribution in [3.63, 3.8) is 0 Å². The number of allylic oxidation sites excluding steroid dienone is 1. The first kappa shape index (κ1) is 29.6. The van der Waals surface area contributed by atoms with Gasteiger partial charge in [-0.05, 0) is 57.3 Å². The monoisotopic (exact) mass is 582 g/mol. The fraction of sp³-hybridized carbons (Fsp3) is 0.533. The van der Waals surface area contributed by atoms with Crippen molar-refractivity contribution in [3.8, 4) is 5.75 Å². The van der Waals surface area contributed by atoms with Gasteiger partial charge in [0.05, 0.1) is 17.2 Å². The molecule has 1 aliphatic heterocycles. The van der Waals surface area contributed by atoms with Crippen LogP contribution >= 0.6 is 0 Å². The molecule has 4 atom stereocenters. The van der Waals surface area contributed by atoms with Crippen molar-refractivity contribution in [2.45, 2.75) is 50.2 Å². The van der Waals surface area contributed by atoms with Crippen molar-refractivity contribution in [2.75, 3.05) is 46.2 Å². The Morgan fingerprint density at radius 1 is 1.02 bits per heavy atom. The second-order valence-electron chi connectivity index (χ2n) is 12.2. The van der Waals surface area contributed by atoms with E-state index in [4.69, 9.17) is 5.73 Å². The Morgan fingerprint density at radius 2 is 1.64 bits per heavy atom. The van der Waals surface area contributed by atoms with Crippen LogP contribution in [0.2, 0.25) is 0 Å². The lowest BCUT2D eigenvalue weighted by molar-refractivity contribution is -0.148. The number of ketones is 2. The number of carbonyl (C=O) groups excluding carboxylic acids is 4. The van der Waals surface area contributed by atoms with Crippen LogP contribution in [0.4, 0.5) is 5.69 Å². The number of carbonyl (C=O) groups is 4. The first-order valence-corrected chi connectivity index (χ1v) is 14.2. The number of aromatic hydroxyl groups is 1. The van der Waals surface area contributed by atoms with E-state index < -0.39 is 69.7 Å². The molecular formula is C30H38N4O8. The van der Waals surface area contributed by atoms with Gasteiger partial charge in [-0.2, -0.15) is 0 Å². The summed E-state index contributed by atoms with van der Waals surface area (Å²) in [6.07, 6.45) is 3.80. The number of likely N-dealkylation sites (tertiary alicyclic amines) is 1. The van der Waals surface area contributed by atoms with Crippen LogP contribution in [0.3, 0.4) is 0 Å². The van der Waals surface area contributed by atoms with E-state index in [1.807, 2.05) is 0 Å². The average molecular weight is 583 g/mol. The summed E-state index contributed by atoms with van der Waals surface area (Å²) in [5, 5.41) is 45.7. The Hall–Kier alpha value is -3.90. The first-order valence-electron chi connectivity index (χ1n) is 14.2. The normalized spacial score (nSPS) is 27.9. The van der Waals surface area contributed by atoms with E-state index in [9.17, 15) is 39.6 Å². The van der Waals surface area contributed by atoms with Crippen LogP contribution in [0.1, 0.15) is 58.4 Å². The van der Waals surface area contributed by atoms with E-state index >= 15 is 0 Å². The first-order chi connectivity index (χ1) is 19.7. The molecule has 12 heteroatoms. The van der Waals surface area contributed by atoms with Crippen molar-refractivity contribution in [3.05, 3.63) is 45.4 Å². The number of hydrogen-bond donors (Lipinski definition) is 5. The van der Waals surface area contributed by atoms with Crippen molar-refractivity contribution in [1.29, 1.82) is 0 Å². The third-order valence-corrected chi connectivity index (χ3v) is 9.30. The fourth-order valence-electron chi connectivity index (χ4n) is 7.31. The van der Waals surface area contributed by atoms with Crippen LogP contribution in [0.25, 0.3) is 0 Å². The molecule has 0 saturated carbocycles. The maximum absolute atomic E-state index is 14.2. The quantitative estimate of drug-likeness (QED) is 0.323. The van der Waals surface area contributed by atoms with Crippen LogP contribution in [-0.2, 0) is 16.0 Å². The Balaban J connectivity index is 1.69. The van der Waals surface area contributed by atoms with Crippen molar-refractivity contribution < 1.29 is 39.6 Å². The maximum Gasteiger partial charge on any atom is 0.257 e. The Morgan fingerprint density at radius 3 is 2.19 bits per heavy atom. The molecule has 6 N–H and O–H groups in total. The number of hydrogen-bond acceptors (Lipinski definition) is 10. The standard InChI is InChI=1S/C30H38N4O8/c1-32(2)18-13-16(29(41)34-9-7-5-6-8-10-34)23(35)20-15(18)11-14-12-17-22(33(3)4)25(37)21(28(31)40)27(39)30(17,42)26(38)19(14)24(20)36/h13-14,17,22,35,37-38,42H,5-12H2,1-4H3,(H2,31,40)/t14-,17-,22-,30-/m0/s1. The summed E-state index contributed by atoms with van der Waals surface area (Å²) in [6.45, 7) is 1.06. The van der Waals surface area contributed by atoms with Gasteiger partial charge in [0, 0.05) is 44.4 Å². The van der Waals surface area contributed by atoms with E-state index in [1.54, 1.807) is 44.1 Å². The molecule has 1 aromatic rings. The highest BCUT2D eigenvalue weighted by atomic mass is 16.3. The molecule has 3 aliphatic carbocycles. The number of phenols is 1. The highest BCUT2D eigenvalue weighted by Crippen LogP contribution is 2.53. The molecule has 0 unspecified atom stereocenters. The minimum atomic E-state index is -2.72. The fourth-order valence-corrected chi connectivity index (χ4v) is 7.31. The number of nitrogens with two attached hydrogens (primary N) is 1. The Kier molecular flexibility index (Phi) is 7.34. The molecule has 2 amide bonds. The van der Waals surface area contributed by atoms with E-state index in [1.165, 1.54) is 4.90 Å². The number of amides is 2. The zero-order chi connectivity index (χ0) is 30.8. The predicted octanol–water partition coefficient (Wildman–Crippen LogP) is 1.20. The lowest BCUT2D eigenvalue weighted by atomic mass is 9.58. The van der Waals surface area contributed by atoms with Gasteiger partial charge in [0.1, 0.15) is 22.8 Å². The molecule has 5 rings (SSSR count). The number of fused-ring (bicyclic) bond motifs is 3. The molecule has 0 aromatic heterocycles. The maximum atomic E-state index is 14.2. The molecule has 12 nitrogen and oxygen atoms in total. The van der Waals surface area contributed by atoms with Crippen molar-refractivity contribution >= 4 is 29.1 Å². The number of primary amides is 1. The zero-order valence-corrected chi connectivity index (χ0v) is 24.3. The summed E-state index contributed by atoms with van der Waals surface area (Å²) < 4.78 is 0. The third kappa shape index (κ3) is 4.18. The zero-order valence-electron chi connectivity index (χ0n) is 24.3. The number of aliphatic hydroxyl groups excluding tert-OH is 2. The van der Waals surface area contributed by atoms with Crippen molar-refractivity contribution in [2.24, 2.45) is 17.6 Å². The Bertz CT molecular complexity index is 1450. The van der Waals surface area contributed by atoms with Gasteiger partial charge in [0.15, 0.2) is 11.4 Å². The smallest absolute Gasteiger partial charge is 0.257 e. The van der Waals surface area contributed by atoms with Gasteiger partial charge in [0.2, 0.25) is 5.78 Å². The van der Waals surface area contributed by atoms with Gasteiger partial charge in [-0.25, -0.2) is 0 Å². The van der Waals surface area contributed by atoms with Crippen LogP contribution in [0.15, 0.2) is 28.7 Å². The second kappa shape index (κ2) is 10.4. The van der Waals surface area contributed by atoms with E-state index in [0.29, 0.717) is 24.3 Å². The second-order valence-corrected chi connectivity index (χ2v) is 12.2. The van der Waals surface area contributed by atoms with E-state index in [-0.39, 0.29) is 29.5 Å². The summed E-state index contributed by atoms with van der Waals surface area (Å²) in [4.78, 5) is 58.4. The molecule has 0 radical (unpaired) electrons. The summed E-state index contributed by atoms with van der Waals surface area (Å²) in [6, 6.07) is 0.522. The molecule has 1 aromatic carbocycles.